The minimum absolute atomic E-state index is 0.0851. The molecule has 1 aliphatic heterocycles. The average molecular weight is 376 g/mol. The third kappa shape index (κ3) is 4.23. The molecule has 2 heterocycles. The number of benzene rings is 2. The molecule has 2 aromatic carbocycles. The molecule has 6 nitrogen and oxygen atoms in total. The number of nitrogens with zero attached hydrogens (tertiary/aromatic N) is 3. The molecule has 1 amide bonds. The number of hydrogen-bond acceptors (Lipinski definition) is 4. The molecule has 0 bridgehead atoms. The highest BCUT2D eigenvalue weighted by atomic mass is 16.5. The number of carbonyl (C=O) groups is 1. The van der Waals surface area contributed by atoms with E-state index in [-0.39, 0.29) is 5.91 Å². The van der Waals surface area contributed by atoms with Gasteiger partial charge in [-0.2, -0.15) is 5.10 Å². The molecule has 4 rings (SSSR count). The lowest BCUT2D eigenvalue weighted by atomic mass is 10.0. The maximum atomic E-state index is 12.3. The van der Waals surface area contributed by atoms with Gasteiger partial charge in [0.15, 0.2) is 0 Å². The van der Waals surface area contributed by atoms with E-state index >= 15 is 0 Å². The summed E-state index contributed by atoms with van der Waals surface area (Å²) in [6.07, 6.45) is 3.65. The standard InChI is InChI=1S/C22H24N4O2/c1-25-16-17(15-24-25)14-23-22(27)20-4-2-18(3-5-20)19-6-8-21(9-7-19)26-10-12-28-13-11-26/h2-9,15-16H,10-14H2,1H3,(H,23,27). The van der Waals surface area contributed by atoms with Gasteiger partial charge in [-0.15, -0.1) is 0 Å². The molecule has 1 aromatic heterocycles. The van der Waals surface area contributed by atoms with E-state index < -0.39 is 0 Å². The van der Waals surface area contributed by atoms with Gasteiger partial charge in [-0.3, -0.25) is 9.48 Å². The smallest absolute Gasteiger partial charge is 0.251 e. The van der Waals surface area contributed by atoms with Gasteiger partial charge in [-0.05, 0) is 35.4 Å². The molecular weight excluding hydrogens is 352 g/mol. The number of anilines is 1. The Hall–Kier alpha value is -3.12. The van der Waals surface area contributed by atoms with E-state index in [0.717, 1.165) is 43.0 Å². The Bertz CT molecular complexity index is 926. The molecule has 1 fully saturated rings. The van der Waals surface area contributed by atoms with Gasteiger partial charge < -0.3 is 15.0 Å². The SMILES string of the molecule is Cn1cc(CNC(=O)c2ccc(-c3ccc(N4CCOCC4)cc3)cc2)cn1. The summed E-state index contributed by atoms with van der Waals surface area (Å²) < 4.78 is 7.13. The number of aromatic nitrogens is 2. The Balaban J connectivity index is 1.38. The molecule has 1 N–H and O–H groups in total. The van der Waals surface area contributed by atoms with Crippen LogP contribution < -0.4 is 10.2 Å². The molecule has 0 saturated carbocycles. The van der Waals surface area contributed by atoms with Crippen LogP contribution in [0.15, 0.2) is 60.9 Å². The Morgan fingerprint density at radius 1 is 1.04 bits per heavy atom. The van der Waals surface area contributed by atoms with Gasteiger partial charge in [0.1, 0.15) is 0 Å². The van der Waals surface area contributed by atoms with Crippen LogP contribution in [0.2, 0.25) is 0 Å². The van der Waals surface area contributed by atoms with Crippen molar-refractivity contribution in [3.8, 4) is 11.1 Å². The van der Waals surface area contributed by atoms with Crippen LogP contribution in [0, 0.1) is 0 Å². The molecule has 28 heavy (non-hydrogen) atoms. The summed E-state index contributed by atoms with van der Waals surface area (Å²) >= 11 is 0. The lowest BCUT2D eigenvalue weighted by molar-refractivity contribution is 0.0951. The molecule has 3 aromatic rings. The number of ether oxygens (including phenoxy) is 1. The second-order valence-electron chi connectivity index (χ2n) is 6.93. The Kier molecular flexibility index (Phi) is 5.39. The molecule has 6 heteroatoms. The van der Waals surface area contributed by atoms with E-state index in [1.54, 1.807) is 10.9 Å². The lowest BCUT2D eigenvalue weighted by Gasteiger charge is -2.28. The first kappa shape index (κ1) is 18.3. The first-order chi connectivity index (χ1) is 13.7. The van der Waals surface area contributed by atoms with Crippen LogP contribution in [-0.4, -0.2) is 42.0 Å². The molecule has 0 aliphatic carbocycles. The summed E-state index contributed by atoms with van der Waals surface area (Å²) in [5, 5.41) is 7.03. The van der Waals surface area contributed by atoms with E-state index in [1.165, 1.54) is 5.69 Å². The summed E-state index contributed by atoms with van der Waals surface area (Å²) in [6.45, 7) is 3.90. The number of morpholine rings is 1. The maximum absolute atomic E-state index is 12.3. The summed E-state index contributed by atoms with van der Waals surface area (Å²) in [5.41, 5.74) is 5.08. The fraction of sp³-hybridized carbons (Fsp3) is 0.273. The van der Waals surface area contributed by atoms with Gasteiger partial charge in [-0.1, -0.05) is 24.3 Å². The van der Waals surface area contributed by atoms with E-state index in [1.807, 2.05) is 37.5 Å². The molecule has 0 atom stereocenters. The fourth-order valence-electron chi connectivity index (χ4n) is 3.35. The highest BCUT2D eigenvalue weighted by Gasteiger charge is 2.11. The topological polar surface area (TPSA) is 59.4 Å². The van der Waals surface area contributed by atoms with Crippen molar-refractivity contribution in [2.75, 3.05) is 31.2 Å². The number of carbonyl (C=O) groups excluding carboxylic acids is 1. The Labute approximate surface area is 164 Å². The number of hydrogen-bond donors (Lipinski definition) is 1. The summed E-state index contributed by atoms with van der Waals surface area (Å²) in [4.78, 5) is 14.7. The monoisotopic (exact) mass is 376 g/mol. The van der Waals surface area contributed by atoms with Crippen LogP contribution in [0.3, 0.4) is 0 Å². The molecule has 144 valence electrons. The molecule has 1 saturated heterocycles. The van der Waals surface area contributed by atoms with Crippen molar-refractivity contribution < 1.29 is 9.53 Å². The van der Waals surface area contributed by atoms with Gasteiger partial charge in [0.2, 0.25) is 0 Å². The zero-order valence-corrected chi connectivity index (χ0v) is 16.0. The number of aryl methyl sites for hydroxylation is 1. The minimum atomic E-state index is -0.0851. The van der Waals surface area contributed by atoms with E-state index in [2.05, 4.69) is 39.6 Å². The van der Waals surface area contributed by atoms with E-state index in [9.17, 15) is 4.79 Å². The first-order valence-electron chi connectivity index (χ1n) is 9.48. The lowest BCUT2D eigenvalue weighted by Crippen LogP contribution is -2.36. The summed E-state index contributed by atoms with van der Waals surface area (Å²) in [7, 11) is 1.86. The van der Waals surface area contributed by atoms with Crippen LogP contribution in [-0.2, 0) is 18.3 Å². The summed E-state index contributed by atoms with van der Waals surface area (Å²) in [5.74, 6) is -0.0851. The van der Waals surface area contributed by atoms with Gasteiger partial charge in [0, 0.05) is 49.7 Å². The quantitative estimate of drug-likeness (QED) is 0.744. The molecular formula is C22H24N4O2. The van der Waals surface area contributed by atoms with Gasteiger partial charge in [0.25, 0.3) is 5.91 Å². The molecule has 1 aliphatic rings. The van der Waals surface area contributed by atoms with Crippen molar-refractivity contribution >= 4 is 11.6 Å². The predicted molar refractivity (Wildman–Crippen MR) is 109 cm³/mol. The van der Waals surface area contributed by atoms with Gasteiger partial charge >= 0.3 is 0 Å². The minimum Gasteiger partial charge on any atom is -0.378 e. The van der Waals surface area contributed by atoms with Crippen LogP contribution in [0.4, 0.5) is 5.69 Å². The third-order valence-corrected chi connectivity index (χ3v) is 4.94. The second-order valence-corrected chi connectivity index (χ2v) is 6.93. The zero-order valence-electron chi connectivity index (χ0n) is 16.0. The highest BCUT2D eigenvalue weighted by Crippen LogP contribution is 2.24. The highest BCUT2D eigenvalue weighted by molar-refractivity contribution is 5.94. The van der Waals surface area contributed by atoms with Crippen LogP contribution in [0.5, 0.6) is 0 Å². The Morgan fingerprint density at radius 3 is 2.29 bits per heavy atom. The van der Waals surface area contributed by atoms with Crippen LogP contribution in [0.1, 0.15) is 15.9 Å². The Morgan fingerprint density at radius 2 is 1.68 bits per heavy atom. The molecule has 0 unspecified atom stereocenters. The van der Waals surface area contributed by atoms with Crippen molar-refractivity contribution in [1.29, 1.82) is 0 Å². The zero-order chi connectivity index (χ0) is 19.3. The predicted octanol–water partition coefficient (Wildman–Crippen LogP) is 2.85. The summed E-state index contributed by atoms with van der Waals surface area (Å²) in [6, 6.07) is 16.3. The second kappa shape index (κ2) is 8.27. The van der Waals surface area contributed by atoms with Crippen molar-refractivity contribution in [1.82, 2.24) is 15.1 Å². The fourth-order valence-corrected chi connectivity index (χ4v) is 3.35. The van der Waals surface area contributed by atoms with Crippen molar-refractivity contribution in [2.45, 2.75) is 6.54 Å². The van der Waals surface area contributed by atoms with Gasteiger partial charge in [0.05, 0.1) is 19.4 Å². The number of rotatable bonds is 5. The molecule has 0 spiro atoms. The number of nitrogens with one attached hydrogen (secondary N) is 1. The molecule has 0 radical (unpaired) electrons. The van der Waals surface area contributed by atoms with Crippen LogP contribution in [0.25, 0.3) is 11.1 Å². The van der Waals surface area contributed by atoms with Crippen molar-refractivity contribution in [2.24, 2.45) is 7.05 Å². The van der Waals surface area contributed by atoms with E-state index in [0.29, 0.717) is 12.1 Å². The largest absolute Gasteiger partial charge is 0.378 e. The van der Waals surface area contributed by atoms with Crippen molar-refractivity contribution in [3.63, 3.8) is 0 Å². The normalized spacial score (nSPS) is 14.1. The third-order valence-electron chi connectivity index (χ3n) is 4.94. The first-order valence-corrected chi connectivity index (χ1v) is 9.48. The maximum Gasteiger partial charge on any atom is 0.251 e. The number of amides is 1. The average Bonchev–Trinajstić information content (AvgIpc) is 3.18. The van der Waals surface area contributed by atoms with Gasteiger partial charge in [-0.25, -0.2) is 0 Å². The van der Waals surface area contributed by atoms with E-state index in [4.69, 9.17) is 4.74 Å². The van der Waals surface area contributed by atoms with Crippen LogP contribution >= 0.6 is 0 Å². The van der Waals surface area contributed by atoms with Crippen molar-refractivity contribution in [3.05, 3.63) is 72.1 Å².